The van der Waals surface area contributed by atoms with Crippen LogP contribution in [-0.2, 0) is 11.2 Å². The van der Waals surface area contributed by atoms with Crippen molar-refractivity contribution in [1.29, 1.82) is 0 Å². The van der Waals surface area contributed by atoms with Crippen molar-refractivity contribution in [3.8, 4) is 17.2 Å². The van der Waals surface area contributed by atoms with E-state index in [4.69, 9.17) is 13.9 Å². The van der Waals surface area contributed by atoms with Crippen LogP contribution in [0.15, 0.2) is 27.1 Å². The molecule has 0 atom stereocenters. The summed E-state index contributed by atoms with van der Waals surface area (Å²) in [6, 6.07) is 5.50. The Hall–Kier alpha value is -1.82. The van der Waals surface area contributed by atoms with Gasteiger partial charge in [-0.2, -0.15) is 0 Å². The Labute approximate surface area is 131 Å². The zero-order chi connectivity index (χ0) is 15.4. The molecule has 0 bridgehead atoms. The lowest BCUT2D eigenvalue weighted by Gasteiger charge is -2.05. The van der Waals surface area contributed by atoms with E-state index in [0.717, 1.165) is 4.47 Å². The molecule has 2 aromatic rings. The third-order valence-electron chi connectivity index (χ3n) is 2.89. The lowest BCUT2D eigenvalue weighted by molar-refractivity contribution is 0.0489. The maximum Gasteiger partial charge on any atom is 0.376 e. The molecule has 0 N–H and O–H groups in total. The van der Waals surface area contributed by atoms with Gasteiger partial charge in [0.25, 0.3) is 0 Å². The van der Waals surface area contributed by atoms with Crippen LogP contribution in [0.25, 0.3) is 11.5 Å². The number of hydrogen-bond acceptors (Lipinski definition) is 5. The quantitative estimate of drug-likeness (QED) is 0.764. The summed E-state index contributed by atoms with van der Waals surface area (Å²) in [7, 11) is 1.57. The second-order valence-electron chi connectivity index (χ2n) is 4.21. The van der Waals surface area contributed by atoms with E-state index < -0.39 is 5.97 Å². The second-order valence-corrected chi connectivity index (χ2v) is 5.13. The fraction of sp³-hybridized carbons (Fsp3) is 0.333. The number of benzene rings is 1. The van der Waals surface area contributed by atoms with Gasteiger partial charge in [0.05, 0.1) is 25.0 Å². The molecule has 1 heterocycles. The van der Waals surface area contributed by atoms with Crippen molar-refractivity contribution >= 4 is 21.9 Å². The summed E-state index contributed by atoms with van der Waals surface area (Å²) in [4.78, 5) is 16.3. The number of aromatic nitrogens is 1. The van der Waals surface area contributed by atoms with Gasteiger partial charge in [0.1, 0.15) is 5.75 Å². The summed E-state index contributed by atoms with van der Waals surface area (Å²) < 4.78 is 16.8. The van der Waals surface area contributed by atoms with E-state index in [1.807, 2.05) is 25.1 Å². The van der Waals surface area contributed by atoms with E-state index in [-0.39, 0.29) is 5.76 Å². The van der Waals surface area contributed by atoms with Gasteiger partial charge in [-0.15, -0.1) is 0 Å². The minimum absolute atomic E-state index is 0.152. The van der Waals surface area contributed by atoms with Crippen molar-refractivity contribution < 1.29 is 18.7 Å². The van der Waals surface area contributed by atoms with Crippen LogP contribution >= 0.6 is 15.9 Å². The van der Waals surface area contributed by atoms with Crippen LogP contribution < -0.4 is 4.74 Å². The highest BCUT2D eigenvalue weighted by Crippen LogP contribution is 2.33. The SMILES string of the molecule is CCOC(=O)c1oc(-c2ccc(Br)cc2OC)nc1CC. The number of methoxy groups -OCH3 is 1. The molecule has 21 heavy (non-hydrogen) atoms. The van der Waals surface area contributed by atoms with Gasteiger partial charge in [0, 0.05) is 4.47 Å². The summed E-state index contributed by atoms with van der Waals surface area (Å²) in [5, 5.41) is 0. The molecule has 5 nitrogen and oxygen atoms in total. The van der Waals surface area contributed by atoms with E-state index in [9.17, 15) is 4.79 Å². The number of hydrogen-bond donors (Lipinski definition) is 0. The van der Waals surface area contributed by atoms with Gasteiger partial charge in [-0.1, -0.05) is 22.9 Å². The first kappa shape index (κ1) is 15.6. The number of aryl methyl sites for hydroxylation is 1. The third kappa shape index (κ3) is 3.26. The molecule has 0 aliphatic carbocycles. The normalized spacial score (nSPS) is 10.5. The second kappa shape index (κ2) is 6.76. The zero-order valence-electron chi connectivity index (χ0n) is 12.1. The fourth-order valence-corrected chi connectivity index (χ4v) is 2.24. The van der Waals surface area contributed by atoms with Crippen molar-refractivity contribution in [3.63, 3.8) is 0 Å². The molecule has 6 heteroatoms. The Bertz CT molecular complexity index is 651. The molecule has 0 saturated carbocycles. The van der Waals surface area contributed by atoms with Gasteiger partial charge in [-0.3, -0.25) is 0 Å². The van der Waals surface area contributed by atoms with Crippen molar-refractivity contribution in [2.24, 2.45) is 0 Å². The molecule has 0 unspecified atom stereocenters. The Morgan fingerprint density at radius 1 is 1.38 bits per heavy atom. The van der Waals surface area contributed by atoms with Crippen LogP contribution in [0.5, 0.6) is 5.75 Å². The molecule has 1 aromatic carbocycles. The van der Waals surface area contributed by atoms with E-state index >= 15 is 0 Å². The largest absolute Gasteiger partial charge is 0.496 e. The van der Waals surface area contributed by atoms with E-state index in [0.29, 0.717) is 35.9 Å². The van der Waals surface area contributed by atoms with Gasteiger partial charge in [-0.25, -0.2) is 9.78 Å². The van der Waals surface area contributed by atoms with Crippen molar-refractivity contribution in [1.82, 2.24) is 4.98 Å². The smallest absolute Gasteiger partial charge is 0.376 e. The number of halogens is 1. The molecule has 0 spiro atoms. The molecule has 0 fully saturated rings. The first-order chi connectivity index (χ1) is 10.1. The average Bonchev–Trinajstić information content (AvgIpc) is 2.91. The topological polar surface area (TPSA) is 61.6 Å². The lowest BCUT2D eigenvalue weighted by atomic mass is 10.2. The molecule has 0 aliphatic heterocycles. The molecule has 0 aliphatic rings. The number of ether oxygens (including phenoxy) is 2. The Morgan fingerprint density at radius 2 is 2.14 bits per heavy atom. The highest BCUT2D eigenvalue weighted by molar-refractivity contribution is 9.10. The summed E-state index contributed by atoms with van der Waals surface area (Å²) in [5.74, 6) is 0.617. The summed E-state index contributed by atoms with van der Waals surface area (Å²) in [6.45, 7) is 3.95. The number of oxazole rings is 1. The number of carbonyl (C=O) groups is 1. The van der Waals surface area contributed by atoms with E-state index in [1.54, 1.807) is 14.0 Å². The van der Waals surface area contributed by atoms with Gasteiger partial charge >= 0.3 is 5.97 Å². The molecule has 0 saturated heterocycles. The van der Waals surface area contributed by atoms with Crippen LogP contribution in [0.1, 0.15) is 30.1 Å². The molecular weight excluding hydrogens is 338 g/mol. The van der Waals surface area contributed by atoms with Crippen LogP contribution in [0.4, 0.5) is 0 Å². The average molecular weight is 354 g/mol. The predicted molar refractivity (Wildman–Crippen MR) is 81.5 cm³/mol. The maximum absolute atomic E-state index is 11.9. The first-order valence-electron chi connectivity index (χ1n) is 6.61. The molecular formula is C15H16BrNO4. The number of esters is 1. The summed E-state index contributed by atoms with van der Waals surface area (Å²) in [5.41, 5.74) is 1.26. The molecule has 0 radical (unpaired) electrons. The molecule has 2 rings (SSSR count). The standard InChI is InChI=1S/C15H16BrNO4/c1-4-11-13(15(18)20-5-2)21-14(17-11)10-7-6-9(16)8-12(10)19-3/h6-8H,4-5H2,1-3H3. The van der Waals surface area contributed by atoms with Gasteiger partial charge in [0.2, 0.25) is 11.7 Å². The number of carbonyl (C=O) groups excluding carboxylic acids is 1. The fourth-order valence-electron chi connectivity index (χ4n) is 1.90. The summed E-state index contributed by atoms with van der Waals surface area (Å²) >= 11 is 3.38. The minimum Gasteiger partial charge on any atom is -0.496 e. The van der Waals surface area contributed by atoms with E-state index in [2.05, 4.69) is 20.9 Å². The van der Waals surface area contributed by atoms with Crippen LogP contribution in [0, 0.1) is 0 Å². The van der Waals surface area contributed by atoms with Crippen molar-refractivity contribution in [3.05, 3.63) is 34.1 Å². The van der Waals surface area contributed by atoms with Gasteiger partial charge < -0.3 is 13.9 Å². The maximum atomic E-state index is 11.9. The lowest BCUT2D eigenvalue weighted by Crippen LogP contribution is -2.05. The Kier molecular flexibility index (Phi) is 5.01. The molecule has 112 valence electrons. The number of nitrogens with zero attached hydrogens (tertiary/aromatic N) is 1. The van der Waals surface area contributed by atoms with E-state index in [1.165, 1.54) is 0 Å². The van der Waals surface area contributed by atoms with Gasteiger partial charge in [-0.05, 0) is 31.5 Å². The van der Waals surface area contributed by atoms with Crippen molar-refractivity contribution in [2.45, 2.75) is 20.3 Å². The van der Waals surface area contributed by atoms with Crippen LogP contribution in [-0.4, -0.2) is 24.7 Å². The predicted octanol–water partition coefficient (Wildman–Crippen LogP) is 3.85. The first-order valence-corrected chi connectivity index (χ1v) is 7.40. The van der Waals surface area contributed by atoms with Crippen molar-refractivity contribution in [2.75, 3.05) is 13.7 Å². The third-order valence-corrected chi connectivity index (χ3v) is 3.38. The summed E-state index contributed by atoms with van der Waals surface area (Å²) in [6.07, 6.45) is 0.580. The molecule has 0 amide bonds. The monoisotopic (exact) mass is 353 g/mol. The van der Waals surface area contributed by atoms with Gasteiger partial charge in [0.15, 0.2) is 0 Å². The highest BCUT2D eigenvalue weighted by atomic mass is 79.9. The number of rotatable bonds is 5. The van der Waals surface area contributed by atoms with Crippen LogP contribution in [0.3, 0.4) is 0 Å². The zero-order valence-corrected chi connectivity index (χ0v) is 13.7. The van der Waals surface area contributed by atoms with Crippen LogP contribution in [0.2, 0.25) is 0 Å². The Balaban J connectivity index is 2.48. The highest BCUT2D eigenvalue weighted by Gasteiger charge is 2.22. The Morgan fingerprint density at radius 3 is 2.76 bits per heavy atom. The molecule has 1 aromatic heterocycles. The minimum atomic E-state index is -0.496.